The number of para-hydroxylation sites is 1. The number of carbonyl (C=O) groups is 2. The highest BCUT2D eigenvalue weighted by Crippen LogP contribution is 2.37. The molecule has 0 unspecified atom stereocenters. The predicted molar refractivity (Wildman–Crippen MR) is 158 cm³/mol. The fourth-order valence-electron chi connectivity index (χ4n) is 5.36. The van der Waals surface area contributed by atoms with E-state index in [0.29, 0.717) is 6.54 Å². The third-order valence-corrected chi connectivity index (χ3v) is 7.47. The molecule has 244 valence electrons. The van der Waals surface area contributed by atoms with E-state index < -0.39 is 52.4 Å². The zero-order chi connectivity index (χ0) is 33.3. The van der Waals surface area contributed by atoms with Crippen molar-refractivity contribution in [2.24, 2.45) is 0 Å². The lowest BCUT2D eigenvalue weighted by Gasteiger charge is -2.46. The fraction of sp³-hybridized carbons (Fsp3) is 0.533. The van der Waals surface area contributed by atoms with E-state index in [-0.39, 0.29) is 62.0 Å². The van der Waals surface area contributed by atoms with Gasteiger partial charge in [-0.3, -0.25) is 4.79 Å². The van der Waals surface area contributed by atoms with Crippen LogP contribution in [0.25, 0.3) is 0 Å². The van der Waals surface area contributed by atoms with Gasteiger partial charge in [0.2, 0.25) is 5.91 Å². The van der Waals surface area contributed by atoms with Crippen molar-refractivity contribution >= 4 is 29.2 Å². The van der Waals surface area contributed by atoms with E-state index in [0.717, 1.165) is 6.07 Å². The second-order valence-corrected chi connectivity index (χ2v) is 12.4. The number of β-amino-alcohol motifs (C(OH)–C–C–N with tert-alkyl or cyclic N) is 1. The zero-order valence-electron chi connectivity index (χ0n) is 25.8. The monoisotopic (exact) mass is 635 g/mol. The number of hydrogen-bond donors (Lipinski definition) is 3. The average molecular weight is 636 g/mol. The SMILES string of the molecule is Cc1cc(C(F)(F)F)c(C#N)c(N[C@H]2CCN(CCNCC3(O)CN(C(=O)OC(C)(C)C)C3)c3c(F)cccc3N(C)C2=O)n1. The number of rotatable bonds is 7. The lowest BCUT2D eigenvalue weighted by Crippen LogP contribution is -2.67. The molecule has 2 amide bonds. The number of amides is 2. The normalized spacial score (nSPS) is 18.4. The molecule has 3 heterocycles. The van der Waals surface area contributed by atoms with Crippen LogP contribution in [0.2, 0.25) is 0 Å². The first-order valence-corrected chi connectivity index (χ1v) is 14.4. The summed E-state index contributed by atoms with van der Waals surface area (Å²) in [4.78, 5) is 34.2. The first-order chi connectivity index (χ1) is 20.9. The van der Waals surface area contributed by atoms with Gasteiger partial charge in [-0.05, 0) is 52.3 Å². The number of fused-ring (bicyclic) bond motifs is 1. The van der Waals surface area contributed by atoms with E-state index in [1.807, 2.05) is 0 Å². The third kappa shape index (κ3) is 7.74. The predicted octanol–water partition coefficient (Wildman–Crippen LogP) is 3.64. The quantitative estimate of drug-likeness (QED) is 0.308. The summed E-state index contributed by atoms with van der Waals surface area (Å²) in [7, 11) is 1.44. The number of benzene rings is 1. The van der Waals surface area contributed by atoms with Crippen molar-refractivity contribution in [3.05, 3.63) is 46.9 Å². The van der Waals surface area contributed by atoms with Crippen molar-refractivity contribution in [3.63, 3.8) is 0 Å². The van der Waals surface area contributed by atoms with E-state index in [2.05, 4.69) is 15.6 Å². The minimum Gasteiger partial charge on any atom is -0.444 e. The van der Waals surface area contributed by atoms with Gasteiger partial charge < -0.3 is 35.2 Å². The van der Waals surface area contributed by atoms with E-state index in [4.69, 9.17) is 4.74 Å². The molecule has 4 rings (SSSR count). The number of anilines is 3. The fourth-order valence-corrected chi connectivity index (χ4v) is 5.36. The van der Waals surface area contributed by atoms with Gasteiger partial charge in [0.1, 0.15) is 40.5 Å². The molecule has 2 aliphatic heterocycles. The molecule has 1 aromatic heterocycles. The molecule has 1 atom stereocenters. The van der Waals surface area contributed by atoms with Crippen molar-refractivity contribution < 1.29 is 37.0 Å². The maximum absolute atomic E-state index is 15.2. The molecule has 1 saturated heterocycles. The Labute approximate surface area is 258 Å². The molecular weight excluding hydrogens is 598 g/mol. The Hall–Kier alpha value is -4.16. The van der Waals surface area contributed by atoms with Gasteiger partial charge in [-0.25, -0.2) is 14.2 Å². The van der Waals surface area contributed by atoms with Crippen LogP contribution in [-0.4, -0.2) is 90.6 Å². The van der Waals surface area contributed by atoms with Gasteiger partial charge in [-0.15, -0.1) is 0 Å². The third-order valence-electron chi connectivity index (χ3n) is 7.47. The Morgan fingerprint density at radius 1 is 1.27 bits per heavy atom. The number of aryl methyl sites for hydroxylation is 1. The molecule has 2 aromatic rings. The smallest absolute Gasteiger partial charge is 0.417 e. The number of carbonyl (C=O) groups excluding carboxylic acids is 2. The summed E-state index contributed by atoms with van der Waals surface area (Å²) in [5.41, 5.74) is -3.26. The van der Waals surface area contributed by atoms with Crippen LogP contribution in [0, 0.1) is 24.1 Å². The lowest BCUT2D eigenvalue weighted by molar-refractivity contribution is -0.137. The van der Waals surface area contributed by atoms with Gasteiger partial charge in [0, 0.05) is 38.9 Å². The van der Waals surface area contributed by atoms with Crippen molar-refractivity contribution in [2.75, 3.05) is 61.4 Å². The number of alkyl halides is 3. The minimum atomic E-state index is -4.81. The first kappa shape index (κ1) is 33.7. The number of ether oxygens (including phenoxy) is 1. The number of nitriles is 1. The van der Waals surface area contributed by atoms with Gasteiger partial charge in [0.25, 0.3) is 0 Å². The maximum atomic E-state index is 15.2. The van der Waals surface area contributed by atoms with Gasteiger partial charge in [0.15, 0.2) is 0 Å². The first-order valence-electron chi connectivity index (χ1n) is 14.4. The molecule has 2 aliphatic rings. The number of hydrogen-bond acceptors (Lipinski definition) is 9. The minimum absolute atomic E-state index is 0.0120. The summed E-state index contributed by atoms with van der Waals surface area (Å²) in [6.45, 7) is 7.62. The largest absolute Gasteiger partial charge is 0.444 e. The second kappa shape index (κ2) is 12.7. The molecule has 0 saturated carbocycles. The highest BCUT2D eigenvalue weighted by atomic mass is 19.4. The van der Waals surface area contributed by atoms with E-state index >= 15 is 4.39 Å². The molecule has 0 spiro atoms. The zero-order valence-corrected chi connectivity index (χ0v) is 25.8. The topological polar surface area (TPSA) is 134 Å². The van der Waals surface area contributed by atoms with Gasteiger partial charge in [-0.2, -0.15) is 18.4 Å². The summed E-state index contributed by atoms with van der Waals surface area (Å²) >= 11 is 0. The second-order valence-electron chi connectivity index (χ2n) is 12.4. The number of aromatic nitrogens is 1. The Balaban J connectivity index is 1.48. The van der Waals surface area contributed by atoms with Gasteiger partial charge in [-0.1, -0.05) is 6.07 Å². The number of nitrogens with one attached hydrogen (secondary N) is 2. The molecule has 0 aliphatic carbocycles. The number of halogens is 4. The van der Waals surface area contributed by atoms with Crippen LogP contribution in [0.3, 0.4) is 0 Å². The highest BCUT2D eigenvalue weighted by Gasteiger charge is 2.45. The van der Waals surface area contributed by atoms with Crippen LogP contribution >= 0.6 is 0 Å². The molecular formula is C30H37F4N7O4. The Bertz CT molecular complexity index is 1480. The van der Waals surface area contributed by atoms with Crippen molar-refractivity contribution in [1.82, 2.24) is 15.2 Å². The molecule has 15 heteroatoms. The van der Waals surface area contributed by atoms with Crippen LogP contribution in [0.1, 0.15) is 44.0 Å². The molecule has 0 bridgehead atoms. The van der Waals surface area contributed by atoms with E-state index in [9.17, 15) is 33.1 Å². The van der Waals surface area contributed by atoms with Crippen molar-refractivity contribution in [2.45, 2.75) is 57.5 Å². The average Bonchev–Trinajstić information content (AvgIpc) is 2.91. The van der Waals surface area contributed by atoms with Gasteiger partial charge in [0.05, 0.1) is 30.0 Å². The number of likely N-dealkylation sites (tertiary alicyclic amines) is 1. The summed E-state index contributed by atoms with van der Waals surface area (Å²) in [5.74, 6) is -1.47. The molecule has 1 fully saturated rings. The van der Waals surface area contributed by atoms with Crippen molar-refractivity contribution in [1.29, 1.82) is 5.26 Å². The Morgan fingerprint density at radius 3 is 2.58 bits per heavy atom. The van der Waals surface area contributed by atoms with Gasteiger partial charge >= 0.3 is 12.3 Å². The van der Waals surface area contributed by atoms with Crippen LogP contribution in [0.4, 0.5) is 39.5 Å². The summed E-state index contributed by atoms with van der Waals surface area (Å²) in [5, 5.41) is 26.2. The Kier molecular flexibility index (Phi) is 9.51. The van der Waals surface area contributed by atoms with Crippen molar-refractivity contribution in [3.8, 4) is 6.07 Å². The molecule has 45 heavy (non-hydrogen) atoms. The number of likely N-dealkylation sites (N-methyl/N-ethyl adjacent to an activating group) is 1. The number of aliphatic hydroxyl groups is 1. The molecule has 11 nitrogen and oxygen atoms in total. The summed E-state index contributed by atoms with van der Waals surface area (Å²) in [6.07, 6.45) is -5.27. The van der Waals surface area contributed by atoms with E-state index in [1.54, 1.807) is 37.8 Å². The highest BCUT2D eigenvalue weighted by molar-refractivity contribution is 6.01. The van der Waals surface area contributed by atoms with Crippen LogP contribution in [0.5, 0.6) is 0 Å². The lowest BCUT2D eigenvalue weighted by atomic mass is 9.95. The van der Waals surface area contributed by atoms with E-state index in [1.165, 1.54) is 35.9 Å². The maximum Gasteiger partial charge on any atom is 0.417 e. The summed E-state index contributed by atoms with van der Waals surface area (Å²) in [6, 6.07) is 5.54. The van der Waals surface area contributed by atoms with Crippen LogP contribution in [0.15, 0.2) is 24.3 Å². The molecule has 3 N–H and O–H groups in total. The Morgan fingerprint density at radius 2 is 1.96 bits per heavy atom. The number of pyridine rings is 1. The van der Waals surface area contributed by atoms with Crippen LogP contribution < -0.4 is 20.4 Å². The summed E-state index contributed by atoms with van der Waals surface area (Å²) < 4.78 is 61.6. The number of nitrogens with zero attached hydrogens (tertiary/aromatic N) is 5. The molecule has 0 radical (unpaired) electrons. The standard InChI is InChI=1S/C30H37F4N7O4/c1-18-13-20(30(32,33)34)19(14-35)25(37-18)38-22-9-11-40(24-21(31)7-6-8-23(24)39(5)26(22)42)12-10-36-15-29(44)16-41(17-29)27(43)45-28(2,3)4/h6-8,13,22,36,44H,9-12,15-17H2,1-5H3,(H,37,38)/t22-/m0/s1. The molecule has 1 aromatic carbocycles. The van der Waals surface area contributed by atoms with Crippen LogP contribution in [-0.2, 0) is 15.7 Å².